The van der Waals surface area contributed by atoms with Crippen LogP contribution in [0, 0.1) is 6.92 Å². The van der Waals surface area contributed by atoms with Gasteiger partial charge >= 0.3 is 6.03 Å². The van der Waals surface area contributed by atoms with Crippen LogP contribution in [0.25, 0.3) is 10.9 Å². The fraction of sp³-hybridized carbons (Fsp3) is 0.414. The number of halogens is 1. The summed E-state index contributed by atoms with van der Waals surface area (Å²) in [5, 5.41) is 10.5. The number of hydrogen-bond acceptors (Lipinski definition) is 4. The first-order chi connectivity index (χ1) is 17.5. The number of pyridine rings is 1. The summed E-state index contributed by atoms with van der Waals surface area (Å²) >= 11 is 0. The lowest BCUT2D eigenvalue weighted by molar-refractivity contribution is 0.0926. The second kappa shape index (κ2) is 10.7. The summed E-state index contributed by atoms with van der Waals surface area (Å²) in [5.74, 6) is -0.150. The van der Waals surface area contributed by atoms with Gasteiger partial charge in [0.25, 0.3) is 5.91 Å². The lowest BCUT2D eigenvalue weighted by atomic mass is 9.90. The van der Waals surface area contributed by atoms with Crippen molar-refractivity contribution in [3.05, 3.63) is 65.4 Å². The first kappa shape index (κ1) is 26.4. The van der Waals surface area contributed by atoms with Crippen molar-refractivity contribution >= 4 is 34.2 Å². The Morgan fingerprint density at radius 2 is 1.70 bits per heavy atom. The molecule has 1 aromatic heterocycles. The lowest BCUT2D eigenvalue weighted by Crippen LogP contribution is -2.40. The monoisotopic (exact) mass is 505 g/mol. The molecular formula is C29H36FN5O2. The molecule has 3 aromatic rings. The van der Waals surface area contributed by atoms with Crippen LogP contribution in [0.2, 0.25) is 0 Å². The second-order valence-corrected chi connectivity index (χ2v) is 10.6. The Hall–Kier alpha value is -3.68. The molecule has 1 heterocycles. The highest BCUT2D eigenvalue weighted by Crippen LogP contribution is 2.33. The molecule has 37 heavy (non-hydrogen) atoms. The summed E-state index contributed by atoms with van der Waals surface area (Å²) in [6, 6.07) is 14.8. The standard InChI is InChI=1S/C29H36FN5O2/c1-18-9-14-24-23(15-18)25(17-26(34-24)29(2,3)30)31-20-10-12-21(13-11-20)32-27(36)19-7-6-8-22(16-19)33-28(37)35(4)5/h6-9,14-17,20-21H,10-13H2,1-5H3,(H,31,34)(H,32,36)(H,33,37). The number of alkyl halides is 1. The summed E-state index contributed by atoms with van der Waals surface area (Å²) < 4.78 is 14.8. The zero-order valence-corrected chi connectivity index (χ0v) is 22.2. The van der Waals surface area contributed by atoms with Crippen LogP contribution in [0.15, 0.2) is 48.5 Å². The van der Waals surface area contributed by atoms with Crippen LogP contribution in [-0.4, -0.2) is 48.0 Å². The zero-order valence-electron chi connectivity index (χ0n) is 22.2. The van der Waals surface area contributed by atoms with E-state index in [2.05, 4.69) is 27.0 Å². The number of carbonyl (C=O) groups excluding carboxylic acids is 2. The van der Waals surface area contributed by atoms with E-state index in [1.807, 2.05) is 25.1 Å². The number of hydrogen-bond donors (Lipinski definition) is 3. The molecular weight excluding hydrogens is 469 g/mol. The smallest absolute Gasteiger partial charge is 0.321 e. The normalized spacial score (nSPS) is 17.8. The van der Waals surface area contributed by atoms with Gasteiger partial charge < -0.3 is 20.9 Å². The molecule has 3 amide bonds. The molecule has 0 saturated heterocycles. The zero-order chi connectivity index (χ0) is 26.7. The van der Waals surface area contributed by atoms with Gasteiger partial charge in [-0.05, 0) is 82.9 Å². The molecule has 0 unspecified atom stereocenters. The molecule has 196 valence electrons. The van der Waals surface area contributed by atoms with Gasteiger partial charge in [-0.15, -0.1) is 0 Å². The topological polar surface area (TPSA) is 86.4 Å². The Morgan fingerprint density at radius 1 is 1.00 bits per heavy atom. The maximum Gasteiger partial charge on any atom is 0.321 e. The molecule has 0 radical (unpaired) electrons. The first-order valence-corrected chi connectivity index (χ1v) is 12.8. The third-order valence-electron chi connectivity index (χ3n) is 6.78. The maximum absolute atomic E-state index is 14.8. The Bertz CT molecular complexity index is 1290. The number of nitrogens with one attached hydrogen (secondary N) is 3. The van der Waals surface area contributed by atoms with Gasteiger partial charge in [-0.1, -0.05) is 17.7 Å². The third kappa shape index (κ3) is 6.56. The highest BCUT2D eigenvalue weighted by Gasteiger charge is 2.26. The number of amides is 3. The number of nitrogens with zero attached hydrogens (tertiary/aromatic N) is 2. The van der Waals surface area contributed by atoms with Crippen LogP contribution in [0.1, 0.15) is 61.1 Å². The van der Waals surface area contributed by atoms with Crippen molar-refractivity contribution in [1.82, 2.24) is 15.2 Å². The van der Waals surface area contributed by atoms with Gasteiger partial charge in [0.2, 0.25) is 0 Å². The number of anilines is 2. The number of carbonyl (C=O) groups is 2. The van der Waals surface area contributed by atoms with Crippen molar-refractivity contribution in [1.29, 1.82) is 0 Å². The van der Waals surface area contributed by atoms with E-state index in [0.29, 0.717) is 16.9 Å². The minimum atomic E-state index is -1.54. The number of aromatic nitrogens is 1. The van der Waals surface area contributed by atoms with Gasteiger partial charge in [0.05, 0.1) is 11.2 Å². The van der Waals surface area contributed by atoms with E-state index >= 15 is 0 Å². The molecule has 7 nitrogen and oxygen atoms in total. The molecule has 1 aliphatic rings. The Labute approximate surface area is 217 Å². The van der Waals surface area contributed by atoms with Gasteiger partial charge in [0, 0.05) is 48.5 Å². The molecule has 3 N–H and O–H groups in total. The van der Waals surface area contributed by atoms with Gasteiger partial charge in [-0.25, -0.2) is 14.2 Å². The van der Waals surface area contributed by atoms with Crippen LogP contribution in [-0.2, 0) is 5.67 Å². The van der Waals surface area contributed by atoms with E-state index < -0.39 is 5.67 Å². The minimum absolute atomic E-state index is 0.0716. The fourth-order valence-corrected chi connectivity index (χ4v) is 4.61. The Morgan fingerprint density at radius 3 is 2.38 bits per heavy atom. The summed E-state index contributed by atoms with van der Waals surface area (Å²) in [6.07, 6.45) is 3.44. The number of fused-ring (bicyclic) bond motifs is 1. The van der Waals surface area contributed by atoms with Crippen molar-refractivity contribution in [2.75, 3.05) is 24.7 Å². The quantitative estimate of drug-likeness (QED) is 0.384. The van der Waals surface area contributed by atoms with E-state index in [1.54, 1.807) is 38.4 Å². The van der Waals surface area contributed by atoms with Crippen LogP contribution in [0.5, 0.6) is 0 Å². The van der Waals surface area contributed by atoms with E-state index in [4.69, 9.17) is 0 Å². The molecule has 0 bridgehead atoms. The second-order valence-electron chi connectivity index (χ2n) is 10.6. The summed E-state index contributed by atoms with van der Waals surface area (Å²) in [5.41, 5.74) is 2.77. The van der Waals surface area contributed by atoms with Crippen molar-refractivity contribution in [3.63, 3.8) is 0 Å². The number of urea groups is 1. The Balaban J connectivity index is 1.39. The lowest BCUT2D eigenvalue weighted by Gasteiger charge is -2.31. The number of benzene rings is 2. The van der Waals surface area contributed by atoms with Gasteiger partial charge in [-0.2, -0.15) is 0 Å². The van der Waals surface area contributed by atoms with Crippen LogP contribution >= 0.6 is 0 Å². The fourth-order valence-electron chi connectivity index (χ4n) is 4.61. The molecule has 8 heteroatoms. The average Bonchev–Trinajstić information content (AvgIpc) is 2.85. The highest BCUT2D eigenvalue weighted by molar-refractivity contribution is 5.97. The molecule has 0 atom stereocenters. The van der Waals surface area contributed by atoms with Crippen molar-refractivity contribution < 1.29 is 14.0 Å². The molecule has 1 fully saturated rings. The van der Waals surface area contributed by atoms with Crippen molar-refractivity contribution in [3.8, 4) is 0 Å². The van der Waals surface area contributed by atoms with Gasteiger partial charge in [0.1, 0.15) is 5.67 Å². The molecule has 0 spiro atoms. The van der Waals surface area contributed by atoms with E-state index in [0.717, 1.165) is 47.8 Å². The molecule has 0 aliphatic heterocycles. The summed E-state index contributed by atoms with van der Waals surface area (Å²) in [7, 11) is 3.33. The predicted octanol–water partition coefficient (Wildman–Crippen LogP) is 5.99. The maximum atomic E-state index is 14.8. The first-order valence-electron chi connectivity index (χ1n) is 12.8. The van der Waals surface area contributed by atoms with Crippen LogP contribution < -0.4 is 16.0 Å². The van der Waals surface area contributed by atoms with E-state index in [9.17, 15) is 14.0 Å². The van der Waals surface area contributed by atoms with E-state index in [-0.39, 0.29) is 24.0 Å². The molecule has 1 saturated carbocycles. The third-order valence-corrected chi connectivity index (χ3v) is 6.78. The van der Waals surface area contributed by atoms with E-state index in [1.165, 1.54) is 18.7 Å². The number of rotatable bonds is 6. The number of aryl methyl sites for hydroxylation is 1. The summed E-state index contributed by atoms with van der Waals surface area (Å²) in [4.78, 5) is 30.8. The molecule has 2 aromatic carbocycles. The largest absolute Gasteiger partial charge is 0.382 e. The van der Waals surface area contributed by atoms with Crippen molar-refractivity contribution in [2.45, 2.75) is 64.2 Å². The predicted molar refractivity (Wildman–Crippen MR) is 147 cm³/mol. The van der Waals surface area contributed by atoms with Crippen molar-refractivity contribution in [2.24, 2.45) is 0 Å². The van der Waals surface area contributed by atoms with Crippen LogP contribution in [0.4, 0.5) is 20.6 Å². The Kier molecular flexibility index (Phi) is 7.66. The average molecular weight is 506 g/mol. The van der Waals surface area contributed by atoms with Gasteiger partial charge in [0.15, 0.2) is 0 Å². The highest BCUT2D eigenvalue weighted by atomic mass is 19.1. The van der Waals surface area contributed by atoms with Gasteiger partial charge in [-0.3, -0.25) is 4.79 Å². The van der Waals surface area contributed by atoms with Crippen LogP contribution in [0.3, 0.4) is 0 Å². The molecule has 4 rings (SSSR count). The minimum Gasteiger partial charge on any atom is -0.382 e. The summed E-state index contributed by atoms with van der Waals surface area (Å²) in [6.45, 7) is 5.09. The molecule has 1 aliphatic carbocycles. The SMILES string of the molecule is Cc1ccc2nc(C(C)(C)F)cc(NC3CCC(NC(=O)c4cccc(NC(=O)N(C)C)c4)CC3)c2c1.